The van der Waals surface area contributed by atoms with Gasteiger partial charge in [0.25, 0.3) is 12.0 Å². The van der Waals surface area contributed by atoms with E-state index in [0.717, 1.165) is 6.20 Å². The number of carbonyl (C=O) groups is 1. The maximum Gasteiger partial charge on any atom is 0.266 e. The molecule has 0 aliphatic carbocycles. The fraction of sp³-hybridized carbons (Fsp3) is 0.250. The van der Waals surface area contributed by atoms with E-state index in [9.17, 15) is 18.4 Å². The van der Waals surface area contributed by atoms with Gasteiger partial charge >= 0.3 is 0 Å². The van der Waals surface area contributed by atoms with E-state index < -0.39 is 29.0 Å². The highest BCUT2D eigenvalue weighted by molar-refractivity contribution is 5.95. The second kappa shape index (κ2) is 3.57. The molecule has 1 heterocycles. The number of hydrogen-bond acceptors (Lipinski definition) is 2. The molecule has 0 atom stereocenters. The van der Waals surface area contributed by atoms with Crippen molar-refractivity contribution in [2.24, 2.45) is 5.73 Å². The fourth-order valence-corrected chi connectivity index (χ4v) is 1.15. The lowest BCUT2D eigenvalue weighted by Crippen LogP contribution is -2.22. The smallest absolute Gasteiger partial charge is 0.266 e. The number of alkyl halides is 2. The van der Waals surface area contributed by atoms with Crippen LogP contribution >= 0.6 is 0 Å². The van der Waals surface area contributed by atoms with Crippen LogP contribution in [0.15, 0.2) is 11.0 Å². The molecule has 3 N–H and O–H groups in total. The minimum Gasteiger partial charge on any atom is -0.366 e. The number of primary amides is 1. The number of nitrogens with two attached hydrogens (primary N) is 1. The van der Waals surface area contributed by atoms with E-state index in [4.69, 9.17) is 5.73 Å². The van der Waals surface area contributed by atoms with Crippen LogP contribution in [0.4, 0.5) is 8.78 Å². The Morgan fingerprint density at radius 3 is 2.57 bits per heavy atom. The summed E-state index contributed by atoms with van der Waals surface area (Å²) in [6, 6.07) is 0. The van der Waals surface area contributed by atoms with Crippen LogP contribution in [0, 0.1) is 6.92 Å². The highest BCUT2D eigenvalue weighted by atomic mass is 19.3. The Hall–Kier alpha value is -1.72. The third kappa shape index (κ3) is 1.63. The van der Waals surface area contributed by atoms with Crippen molar-refractivity contribution in [3.63, 3.8) is 0 Å². The minimum absolute atomic E-state index is 0.0877. The molecule has 0 saturated heterocycles. The van der Waals surface area contributed by atoms with E-state index in [1.807, 2.05) is 0 Å². The normalized spacial score (nSPS) is 10.6. The van der Waals surface area contributed by atoms with Crippen molar-refractivity contribution in [1.82, 2.24) is 4.98 Å². The molecule has 0 aliphatic heterocycles. The Morgan fingerprint density at radius 1 is 1.57 bits per heavy atom. The maximum atomic E-state index is 12.4. The van der Waals surface area contributed by atoms with E-state index in [1.54, 1.807) is 0 Å². The zero-order chi connectivity index (χ0) is 10.9. The standard InChI is InChI=1S/C8H8F2N2O2/c1-3-5(7(11)13)4(6(9)10)2-12-8(3)14/h2,6H,1H3,(H2,11,13)(H,12,14). The SMILES string of the molecule is Cc1c(C(N)=O)c(C(F)F)c[nH]c1=O. The number of pyridine rings is 1. The largest absolute Gasteiger partial charge is 0.366 e. The van der Waals surface area contributed by atoms with Gasteiger partial charge < -0.3 is 10.7 Å². The van der Waals surface area contributed by atoms with E-state index in [2.05, 4.69) is 4.98 Å². The molecule has 0 saturated carbocycles. The Balaban J connectivity index is 3.54. The van der Waals surface area contributed by atoms with Gasteiger partial charge in [0.15, 0.2) is 0 Å². The van der Waals surface area contributed by atoms with Crippen LogP contribution < -0.4 is 11.3 Å². The molecule has 1 aromatic heterocycles. The molecular weight excluding hydrogens is 194 g/mol. The molecule has 1 rings (SSSR count). The van der Waals surface area contributed by atoms with Gasteiger partial charge in [-0.1, -0.05) is 0 Å². The van der Waals surface area contributed by atoms with E-state index in [1.165, 1.54) is 6.92 Å². The number of rotatable bonds is 2. The van der Waals surface area contributed by atoms with Crippen LogP contribution in [-0.4, -0.2) is 10.9 Å². The highest BCUT2D eigenvalue weighted by Crippen LogP contribution is 2.22. The number of nitrogens with one attached hydrogen (secondary N) is 1. The maximum absolute atomic E-state index is 12.4. The third-order valence-electron chi connectivity index (χ3n) is 1.84. The van der Waals surface area contributed by atoms with Crippen molar-refractivity contribution >= 4 is 5.91 Å². The van der Waals surface area contributed by atoms with Crippen molar-refractivity contribution in [1.29, 1.82) is 0 Å². The molecule has 0 radical (unpaired) electrons. The van der Waals surface area contributed by atoms with Crippen molar-refractivity contribution in [2.45, 2.75) is 13.3 Å². The summed E-state index contributed by atoms with van der Waals surface area (Å²) in [7, 11) is 0. The summed E-state index contributed by atoms with van der Waals surface area (Å²) in [4.78, 5) is 23.9. The first-order valence-corrected chi connectivity index (χ1v) is 3.75. The Kier molecular flexibility index (Phi) is 2.64. The lowest BCUT2D eigenvalue weighted by Gasteiger charge is -2.07. The number of H-pyrrole nitrogens is 1. The van der Waals surface area contributed by atoms with Crippen LogP contribution in [0.5, 0.6) is 0 Å². The van der Waals surface area contributed by atoms with Gasteiger partial charge in [-0.3, -0.25) is 9.59 Å². The topological polar surface area (TPSA) is 76.0 Å². The summed E-state index contributed by atoms with van der Waals surface area (Å²) >= 11 is 0. The Bertz CT molecular complexity index is 426. The van der Waals surface area contributed by atoms with E-state index in [0.29, 0.717) is 0 Å². The molecule has 6 heteroatoms. The molecule has 76 valence electrons. The predicted octanol–water partition coefficient (Wildman–Crippen LogP) is 0.720. The summed E-state index contributed by atoms with van der Waals surface area (Å²) in [5.41, 5.74) is 3.27. The van der Waals surface area contributed by atoms with Crippen molar-refractivity contribution < 1.29 is 13.6 Å². The zero-order valence-electron chi connectivity index (χ0n) is 7.30. The molecular formula is C8H8F2N2O2. The lowest BCUT2D eigenvalue weighted by molar-refractivity contribution is 0.0984. The van der Waals surface area contributed by atoms with E-state index in [-0.39, 0.29) is 5.56 Å². The van der Waals surface area contributed by atoms with E-state index >= 15 is 0 Å². The van der Waals surface area contributed by atoms with Gasteiger partial charge in [-0.2, -0.15) is 0 Å². The van der Waals surface area contributed by atoms with Crippen molar-refractivity contribution in [3.8, 4) is 0 Å². The third-order valence-corrected chi connectivity index (χ3v) is 1.84. The molecule has 1 amide bonds. The highest BCUT2D eigenvalue weighted by Gasteiger charge is 2.20. The minimum atomic E-state index is -2.84. The van der Waals surface area contributed by atoms with Gasteiger partial charge in [0.2, 0.25) is 5.91 Å². The van der Waals surface area contributed by atoms with Gasteiger partial charge in [-0.25, -0.2) is 8.78 Å². The fourth-order valence-electron chi connectivity index (χ4n) is 1.15. The van der Waals surface area contributed by atoms with Crippen molar-refractivity contribution in [3.05, 3.63) is 33.2 Å². The average molecular weight is 202 g/mol. The predicted molar refractivity (Wildman–Crippen MR) is 45.3 cm³/mol. The number of aromatic amines is 1. The van der Waals surface area contributed by atoms with Gasteiger partial charge in [-0.05, 0) is 6.92 Å². The summed E-state index contributed by atoms with van der Waals surface area (Å²) in [6.45, 7) is 1.27. The number of hydrogen-bond donors (Lipinski definition) is 2. The van der Waals surface area contributed by atoms with Crippen LogP contribution in [0.3, 0.4) is 0 Å². The first-order chi connectivity index (χ1) is 6.45. The van der Waals surface area contributed by atoms with Gasteiger partial charge in [-0.15, -0.1) is 0 Å². The zero-order valence-corrected chi connectivity index (χ0v) is 7.30. The quantitative estimate of drug-likeness (QED) is 0.741. The van der Waals surface area contributed by atoms with Crippen molar-refractivity contribution in [2.75, 3.05) is 0 Å². The summed E-state index contributed by atoms with van der Waals surface area (Å²) in [5, 5.41) is 0. The molecule has 14 heavy (non-hydrogen) atoms. The number of carbonyl (C=O) groups excluding carboxylic acids is 1. The first kappa shape index (κ1) is 10.4. The molecule has 0 aromatic carbocycles. The molecule has 0 unspecified atom stereocenters. The summed E-state index contributed by atoms with van der Waals surface area (Å²) in [6.07, 6.45) is -2.03. The number of aromatic nitrogens is 1. The number of amides is 1. The molecule has 0 fully saturated rings. The summed E-state index contributed by atoms with van der Waals surface area (Å²) in [5.74, 6) is -1.02. The first-order valence-electron chi connectivity index (χ1n) is 3.75. The Labute approximate surface area is 77.7 Å². The van der Waals surface area contributed by atoms with Crippen LogP contribution in [0.1, 0.15) is 27.9 Å². The summed E-state index contributed by atoms with van der Waals surface area (Å²) < 4.78 is 24.7. The van der Waals surface area contributed by atoms with Crippen LogP contribution in [0.25, 0.3) is 0 Å². The van der Waals surface area contributed by atoms with Gasteiger partial charge in [0.05, 0.1) is 5.56 Å². The monoisotopic (exact) mass is 202 g/mol. The van der Waals surface area contributed by atoms with Gasteiger partial charge in [0.1, 0.15) is 0 Å². The molecule has 0 bridgehead atoms. The van der Waals surface area contributed by atoms with Crippen LogP contribution in [-0.2, 0) is 0 Å². The van der Waals surface area contributed by atoms with Gasteiger partial charge in [0, 0.05) is 17.3 Å². The lowest BCUT2D eigenvalue weighted by atomic mass is 10.1. The average Bonchev–Trinajstić information content (AvgIpc) is 2.08. The Morgan fingerprint density at radius 2 is 2.14 bits per heavy atom. The molecule has 0 spiro atoms. The molecule has 0 aliphatic rings. The number of halogens is 2. The second-order valence-electron chi connectivity index (χ2n) is 2.74. The van der Waals surface area contributed by atoms with Crippen LogP contribution in [0.2, 0.25) is 0 Å². The second-order valence-corrected chi connectivity index (χ2v) is 2.74. The molecule has 1 aromatic rings. The molecule has 4 nitrogen and oxygen atoms in total.